The molecule has 0 fully saturated rings. The van der Waals surface area contributed by atoms with Crippen molar-refractivity contribution in [2.75, 3.05) is 0 Å². The number of hydrogen-bond acceptors (Lipinski definition) is 2. The molecule has 1 N–H and O–H groups in total. The first kappa shape index (κ1) is 14.0. The van der Waals surface area contributed by atoms with E-state index in [9.17, 15) is 18.3 Å². The van der Waals surface area contributed by atoms with E-state index in [1.54, 1.807) is 6.07 Å². The fourth-order valence-electron chi connectivity index (χ4n) is 1.45. The van der Waals surface area contributed by atoms with Crippen LogP contribution in [0.1, 0.15) is 17.2 Å². The molecule has 0 spiro atoms. The number of benzene rings is 1. The van der Waals surface area contributed by atoms with Crippen LogP contribution in [0.25, 0.3) is 0 Å². The van der Waals surface area contributed by atoms with E-state index < -0.39 is 23.6 Å². The minimum Gasteiger partial charge on any atom is -0.384 e. The standard InChI is InChI=1S/C11H5Br2F3OS/c12-8-3-5(11(13)18-8)10(17)4-1-6(14)9(16)7(15)2-4/h1-3,10,17H. The summed E-state index contributed by atoms with van der Waals surface area (Å²) in [5, 5.41) is 10.0. The summed E-state index contributed by atoms with van der Waals surface area (Å²) in [6.45, 7) is 0. The highest BCUT2D eigenvalue weighted by Crippen LogP contribution is 2.38. The van der Waals surface area contributed by atoms with Crippen molar-refractivity contribution in [2.45, 2.75) is 6.10 Å². The maximum atomic E-state index is 13.1. The third-order valence-corrected chi connectivity index (χ3v) is 4.69. The van der Waals surface area contributed by atoms with Crippen molar-refractivity contribution >= 4 is 43.2 Å². The number of aliphatic hydroxyl groups excluding tert-OH is 1. The van der Waals surface area contributed by atoms with Gasteiger partial charge in [0.05, 0.1) is 7.57 Å². The van der Waals surface area contributed by atoms with Crippen molar-refractivity contribution in [3.63, 3.8) is 0 Å². The quantitative estimate of drug-likeness (QED) is 0.718. The largest absolute Gasteiger partial charge is 0.384 e. The van der Waals surface area contributed by atoms with Gasteiger partial charge in [-0.25, -0.2) is 13.2 Å². The first-order valence-corrected chi connectivity index (χ1v) is 7.07. The number of halogens is 5. The van der Waals surface area contributed by atoms with Crippen molar-refractivity contribution in [1.29, 1.82) is 0 Å². The second-order valence-corrected chi connectivity index (χ2v) is 7.23. The molecule has 0 radical (unpaired) electrons. The van der Waals surface area contributed by atoms with Crippen molar-refractivity contribution in [2.24, 2.45) is 0 Å². The van der Waals surface area contributed by atoms with Crippen LogP contribution in [-0.4, -0.2) is 5.11 Å². The molecule has 1 nitrogen and oxygen atoms in total. The maximum Gasteiger partial charge on any atom is 0.194 e. The van der Waals surface area contributed by atoms with Gasteiger partial charge >= 0.3 is 0 Å². The summed E-state index contributed by atoms with van der Waals surface area (Å²) in [6, 6.07) is 3.18. The van der Waals surface area contributed by atoms with Crippen LogP contribution in [0.3, 0.4) is 0 Å². The van der Waals surface area contributed by atoms with E-state index in [2.05, 4.69) is 31.9 Å². The zero-order valence-corrected chi connectivity index (χ0v) is 12.5. The molecule has 0 aliphatic heterocycles. The Morgan fingerprint density at radius 3 is 2.06 bits per heavy atom. The van der Waals surface area contributed by atoms with Gasteiger partial charge in [-0.2, -0.15) is 0 Å². The van der Waals surface area contributed by atoms with Crippen LogP contribution >= 0.6 is 43.2 Å². The third kappa shape index (κ3) is 2.64. The Bertz CT molecular complexity index is 577. The predicted molar refractivity (Wildman–Crippen MR) is 70.1 cm³/mol. The lowest BCUT2D eigenvalue weighted by Crippen LogP contribution is -2.02. The molecule has 0 aliphatic rings. The van der Waals surface area contributed by atoms with E-state index >= 15 is 0 Å². The molecule has 2 rings (SSSR count). The maximum absolute atomic E-state index is 13.1. The van der Waals surface area contributed by atoms with E-state index in [4.69, 9.17) is 0 Å². The zero-order chi connectivity index (χ0) is 13.4. The molecule has 2 aromatic rings. The molecule has 0 bridgehead atoms. The Hall–Kier alpha value is -0.370. The SMILES string of the molecule is OC(c1cc(F)c(F)c(F)c1)c1cc(Br)sc1Br. The van der Waals surface area contributed by atoms with Crippen LogP contribution in [0.15, 0.2) is 25.8 Å². The van der Waals surface area contributed by atoms with Gasteiger partial charge in [0.25, 0.3) is 0 Å². The monoisotopic (exact) mass is 400 g/mol. The van der Waals surface area contributed by atoms with E-state index in [1.165, 1.54) is 11.3 Å². The van der Waals surface area contributed by atoms with Crippen molar-refractivity contribution in [3.8, 4) is 0 Å². The zero-order valence-electron chi connectivity index (χ0n) is 8.55. The lowest BCUT2D eigenvalue weighted by Gasteiger charge is -2.11. The lowest BCUT2D eigenvalue weighted by molar-refractivity contribution is 0.218. The first-order valence-electron chi connectivity index (χ1n) is 4.67. The topological polar surface area (TPSA) is 20.2 Å². The number of aliphatic hydroxyl groups is 1. The van der Waals surface area contributed by atoms with Crippen LogP contribution in [0, 0.1) is 17.5 Å². The van der Waals surface area contributed by atoms with E-state index in [1.807, 2.05) is 0 Å². The summed E-state index contributed by atoms with van der Waals surface area (Å²) in [7, 11) is 0. The smallest absolute Gasteiger partial charge is 0.194 e. The molecule has 0 amide bonds. The fraction of sp³-hybridized carbons (Fsp3) is 0.0909. The molecule has 0 saturated carbocycles. The van der Waals surface area contributed by atoms with Gasteiger partial charge in [0.15, 0.2) is 17.5 Å². The molecule has 1 unspecified atom stereocenters. The van der Waals surface area contributed by atoms with Crippen molar-refractivity contribution < 1.29 is 18.3 Å². The van der Waals surface area contributed by atoms with Gasteiger partial charge in [0.2, 0.25) is 0 Å². The van der Waals surface area contributed by atoms with Gasteiger partial charge in [0, 0.05) is 5.56 Å². The van der Waals surface area contributed by atoms with Crippen molar-refractivity contribution in [3.05, 3.63) is 54.4 Å². The summed E-state index contributed by atoms with van der Waals surface area (Å²) in [6.07, 6.45) is -1.23. The van der Waals surface area contributed by atoms with Gasteiger partial charge in [-0.15, -0.1) is 11.3 Å². The highest BCUT2D eigenvalue weighted by atomic mass is 79.9. The van der Waals surface area contributed by atoms with Crippen LogP contribution in [0.2, 0.25) is 0 Å². The van der Waals surface area contributed by atoms with Crippen molar-refractivity contribution in [1.82, 2.24) is 0 Å². The normalized spacial score (nSPS) is 12.8. The molecule has 18 heavy (non-hydrogen) atoms. The Morgan fingerprint density at radius 1 is 1.06 bits per heavy atom. The third-order valence-electron chi connectivity index (χ3n) is 2.30. The minimum atomic E-state index is -1.54. The molecule has 1 heterocycles. The molecular weight excluding hydrogens is 397 g/mol. The van der Waals surface area contributed by atoms with Gasteiger partial charge in [-0.1, -0.05) is 0 Å². The lowest BCUT2D eigenvalue weighted by atomic mass is 10.0. The van der Waals surface area contributed by atoms with E-state index in [0.717, 1.165) is 15.9 Å². The molecule has 1 atom stereocenters. The molecule has 0 aliphatic carbocycles. The van der Waals surface area contributed by atoms with Crippen LogP contribution in [0.5, 0.6) is 0 Å². The van der Waals surface area contributed by atoms with Crippen LogP contribution in [-0.2, 0) is 0 Å². The summed E-state index contributed by atoms with van der Waals surface area (Å²) in [5.41, 5.74) is 0.412. The Kier molecular flexibility index (Phi) is 4.15. The molecule has 1 aromatic carbocycles. The second kappa shape index (κ2) is 5.32. The predicted octanol–water partition coefficient (Wildman–Crippen LogP) is 4.77. The Balaban J connectivity index is 2.46. The number of rotatable bonds is 2. The average molecular weight is 402 g/mol. The van der Waals surface area contributed by atoms with Gasteiger partial charge < -0.3 is 5.11 Å². The minimum absolute atomic E-state index is 0.0441. The Morgan fingerprint density at radius 2 is 1.61 bits per heavy atom. The van der Waals surface area contributed by atoms with Gasteiger partial charge in [-0.05, 0) is 55.6 Å². The van der Waals surface area contributed by atoms with Gasteiger partial charge in [0.1, 0.15) is 6.10 Å². The van der Waals surface area contributed by atoms with Crippen LogP contribution in [0.4, 0.5) is 13.2 Å². The first-order chi connectivity index (χ1) is 8.40. The molecule has 0 saturated heterocycles. The van der Waals surface area contributed by atoms with Crippen LogP contribution < -0.4 is 0 Å². The fourth-order valence-corrected chi connectivity index (χ4v) is 4.34. The molecule has 1 aromatic heterocycles. The molecular formula is C11H5Br2F3OS. The molecule has 7 heteroatoms. The molecule has 96 valence electrons. The summed E-state index contributed by atoms with van der Waals surface area (Å²) in [5.74, 6) is -4.19. The highest BCUT2D eigenvalue weighted by molar-refractivity contribution is 9.12. The van der Waals surface area contributed by atoms with E-state index in [-0.39, 0.29) is 5.56 Å². The summed E-state index contributed by atoms with van der Waals surface area (Å²) < 4.78 is 40.4. The second-order valence-electron chi connectivity index (χ2n) is 3.48. The highest BCUT2D eigenvalue weighted by Gasteiger charge is 2.20. The summed E-state index contributed by atoms with van der Waals surface area (Å²) >= 11 is 7.78. The van der Waals surface area contributed by atoms with Gasteiger partial charge in [-0.3, -0.25) is 0 Å². The number of thiophene rings is 1. The van der Waals surface area contributed by atoms with E-state index in [0.29, 0.717) is 9.35 Å². The summed E-state index contributed by atoms with van der Waals surface area (Å²) in [4.78, 5) is 0. The Labute approximate surface area is 122 Å². The average Bonchev–Trinajstić information content (AvgIpc) is 2.63. The number of hydrogen-bond donors (Lipinski definition) is 1.